The van der Waals surface area contributed by atoms with Crippen molar-refractivity contribution in [3.05, 3.63) is 101 Å². The molecule has 0 fully saturated rings. The SMILES string of the molecule is CCCCCOc1ccc([C@@H]2C3=C(C[C@@H](c4ccc(F)cc4)CC3=O)Nc3ccccc3N2C(=O)CCCCC)cc1. The first-order valence-electron chi connectivity index (χ1n) is 15.4. The summed E-state index contributed by atoms with van der Waals surface area (Å²) in [6.45, 7) is 4.95. The molecule has 1 N–H and O–H groups in total. The van der Waals surface area contributed by atoms with Gasteiger partial charge in [-0.15, -0.1) is 0 Å². The van der Waals surface area contributed by atoms with Gasteiger partial charge in [-0.3, -0.25) is 14.5 Å². The number of ether oxygens (including phenoxy) is 1. The average Bonchev–Trinajstić information content (AvgIpc) is 3.15. The number of Topliss-reactive ketones (excluding diaryl/α,β-unsaturated/α-hetero) is 1. The van der Waals surface area contributed by atoms with Crippen molar-refractivity contribution in [2.24, 2.45) is 0 Å². The minimum atomic E-state index is -0.568. The fraction of sp³-hybridized carbons (Fsp3) is 0.389. The molecule has 0 bridgehead atoms. The normalized spacial score (nSPS) is 18.2. The quantitative estimate of drug-likeness (QED) is 0.235. The predicted molar refractivity (Wildman–Crippen MR) is 166 cm³/mol. The number of hydrogen-bond acceptors (Lipinski definition) is 4. The number of anilines is 2. The molecule has 5 nitrogen and oxygen atoms in total. The molecule has 1 aliphatic carbocycles. The van der Waals surface area contributed by atoms with E-state index in [1.165, 1.54) is 12.1 Å². The topological polar surface area (TPSA) is 58.6 Å². The van der Waals surface area contributed by atoms with Gasteiger partial charge in [0.15, 0.2) is 5.78 Å². The van der Waals surface area contributed by atoms with Crippen molar-refractivity contribution in [1.82, 2.24) is 0 Å². The van der Waals surface area contributed by atoms with Gasteiger partial charge in [-0.05, 0) is 72.7 Å². The highest BCUT2D eigenvalue weighted by atomic mass is 19.1. The van der Waals surface area contributed by atoms with Crippen LogP contribution in [0.25, 0.3) is 0 Å². The first kappa shape index (κ1) is 29.6. The van der Waals surface area contributed by atoms with Gasteiger partial charge in [0.25, 0.3) is 0 Å². The maximum atomic E-state index is 14.1. The van der Waals surface area contributed by atoms with E-state index in [-0.39, 0.29) is 23.4 Å². The van der Waals surface area contributed by atoms with Crippen LogP contribution in [-0.4, -0.2) is 18.3 Å². The summed E-state index contributed by atoms with van der Waals surface area (Å²) in [5.41, 5.74) is 4.83. The van der Waals surface area contributed by atoms with Gasteiger partial charge < -0.3 is 10.1 Å². The Labute approximate surface area is 248 Å². The molecule has 0 saturated heterocycles. The fourth-order valence-corrected chi connectivity index (χ4v) is 6.09. The van der Waals surface area contributed by atoms with Crippen LogP contribution >= 0.6 is 0 Å². The molecule has 0 spiro atoms. The Morgan fingerprint density at radius 1 is 0.881 bits per heavy atom. The highest BCUT2D eigenvalue weighted by Crippen LogP contribution is 2.47. The van der Waals surface area contributed by atoms with Gasteiger partial charge in [-0.1, -0.05) is 75.9 Å². The number of unbranched alkanes of at least 4 members (excludes halogenated alkanes) is 4. The number of benzene rings is 3. The molecule has 1 amide bonds. The van der Waals surface area contributed by atoms with E-state index < -0.39 is 6.04 Å². The highest BCUT2D eigenvalue weighted by Gasteiger charge is 2.41. The van der Waals surface area contributed by atoms with Crippen molar-refractivity contribution < 1.29 is 18.7 Å². The summed E-state index contributed by atoms with van der Waals surface area (Å²) in [5, 5.41) is 3.57. The molecule has 220 valence electrons. The summed E-state index contributed by atoms with van der Waals surface area (Å²) in [6, 6.07) is 21.5. The number of carbonyl (C=O) groups excluding carboxylic acids is 2. The van der Waals surface area contributed by atoms with Gasteiger partial charge in [0.2, 0.25) is 5.91 Å². The van der Waals surface area contributed by atoms with E-state index in [4.69, 9.17) is 4.74 Å². The van der Waals surface area contributed by atoms with E-state index in [0.717, 1.165) is 72.5 Å². The van der Waals surface area contributed by atoms with Crippen LogP contribution < -0.4 is 15.0 Å². The minimum absolute atomic E-state index is 0.00197. The van der Waals surface area contributed by atoms with Crippen LogP contribution in [0, 0.1) is 5.82 Å². The number of hydrogen-bond donors (Lipinski definition) is 1. The van der Waals surface area contributed by atoms with E-state index in [2.05, 4.69) is 19.2 Å². The smallest absolute Gasteiger partial charge is 0.227 e. The number of amides is 1. The first-order valence-corrected chi connectivity index (χ1v) is 15.4. The number of halogens is 1. The molecule has 42 heavy (non-hydrogen) atoms. The van der Waals surface area contributed by atoms with Crippen molar-refractivity contribution in [3.8, 4) is 5.75 Å². The number of allylic oxidation sites excluding steroid dienone is 1. The molecule has 2 aliphatic rings. The predicted octanol–water partition coefficient (Wildman–Crippen LogP) is 8.88. The zero-order valence-corrected chi connectivity index (χ0v) is 24.7. The Kier molecular flexibility index (Phi) is 9.73. The van der Waals surface area contributed by atoms with Crippen molar-refractivity contribution in [2.75, 3.05) is 16.8 Å². The van der Waals surface area contributed by atoms with Gasteiger partial charge in [0, 0.05) is 24.1 Å². The number of ketones is 1. The Hall–Kier alpha value is -3.93. The maximum Gasteiger partial charge on any atom is 0.227 e. The van der Waals surface area contributed by atoms with Crippen LogP contribution in [0.5, 0.6) is 5.75 Å². The summed E-state index contributed by atoms with van der Waals surface area (Å²) in [4.78, 5) is 30.0. The van der Waals surface area contributed by atoms with E-state index in [9.17, 15) is 14.0 Å². The summed E-state index contributed by atoms with van der Waals surface area (Å²) < 4.78 is 19.7. The molecule has 0 saturated carbocycles. The Morgan fingerprint density at radius 3 is 2.31 bits per heavy atom. The number of para-hydroxylation sites is 2. The molecular formula is C36H41FN2O3. The van der Waals surface area contributed by atoms with Gasteiger partial charge in [0.1, 0.15) is 11.6 Å². The van der Waals surface area contributed by atoms with Crippen LogP contribution in [0.4, 0.5) is 15.8 Å². The second-order valence-electron chi connectivity index (χ2n) is 11.4. The van der Waals surface area contributed by atoms with Crippen molar-refractivity contribution in [2.45, 2.75) is 83.6 Å². The second-order valence-corrected chi connectivity index (χ2v) is 11.4. The number of carbonyl (C=O) groups is 2. The molecule has 1 aliphatic heterocycles. The highest BCUT2D eigenvalue weighted by molar-refractivity contribution is 6.06. The molecular weight excluding hydrogens is 527 g/mol. The van der Waals surface area contributed by atoms with Gasteiger partial charge in [-0.25, -0.2) is 4.39 Å². The molecule has 3 aromatic rings. The second kappa shape index (κ2) is 13.8. The lowest BCUT2D eigenvalue weighted by molar-refractivity contribution is -0.119. The van der Waals surface area contributed by atoms with E-state index in [1.54, 1.807) is 12.1 Å². The molecule has 2 atom stereocenters. The lowest BCUT2D eigenvalue weighted by Gasteiger charge is -2.35. The van der Waals surface area contributed by atoms with Crippen LogP contribution in [0.2, 0.25) is 0 Å². The van der Waals surface area contributed by atoms with Crippen LogP contribution in [0.1, 0.15) is 94.7 Å². The van der Waals surface area contributed by atoms with Crippen molar-refractivity contribution in [3.63, 3.8) is 0 Å². The third kappa shape index (κ3) is 6.59. The number of fused-ring (bicyclic) bond motifs is 1. The fourth-order valence-electron chi connectivity index (χ4n) is 6.09. The van der Waals surface area contributed by atoms with Gasteiger partial charge in [0.05, 0.1) is 24.0 Å². The molecule has 0 unspecified atom stereocenters. The van der Waals surface area contributed by atoms with Gasteiger partial charge >= 0.3 is 0 Å². The largest absolute Gasteiger partial charge is 0.494 e. The monoisotopic (exact) mass is 568 g/mol. The molecule has 6 heteroatoms. The van der Waals surface area contributed by atoms with Crippen molar-refractivity contribution in [1.29, 1.82) is 0 Å². The standard InChI is InChI=1S/C36H41FN2O3/c1-3-5-7-13-34(41)39-32-12-9-8-11-30(32)38-31-23-27(25-14-18-28(37)19-15-25)24-33(40)35(31)36(39)26-16-20-29(21-17-26)42-22-10-6-4-2/h8-9,11-12,14-21,27,36,38H,3-7,10,13,22-24H2,1-2H3/t27-,36-/m1/s1. The van der Waals surface area contributed by atoms with Gasteiger partial charge in [-0.2, -0.15) is 0 Å². The van der Waals surface area contributed by atoms with Crippen LogP contribution in [-0.2, 0) is 9.59 Å². The Balaban J connectivity index is 1.57. The van der Waals surface area contributed by atoms with Crippen LogP contribution in [0.15, 0.2) is 84.1 Å². The third-order valence-corrected chi connectivity index (χ3v) is 8.31. The maximum absolute atomic E-state index is 14.1. The van der Waals surface area contributed by atoms with E-state index >= 15 is 0 Å². The number of nitrogens with one attached hydrogen (secondary N) is 1. The molecule has 5 rings (SSSR count). The zero-order chi connectivity index (χ0) is 29.5. The molecule has 1 heterocycles. The average molecular weight is 569 g/mol. The minimum Gasteiger partial charge on any atom is -0.494 e. The summed E-state index contributed by atoms with van der Waals surface area (Å²) >= 11 is 0. The van der Waals surface area contributed by atoms with Crippen molar-refractivity contribution >= 4 is 23.1 Å². The summed E-state index contributed by atoms with van der Waals surface area (Å²) in [6.07, 6.45) is 7.35. The summed E-state index contributed by atoms with van der Waals surface area (Å²) in [7, 11) is 0. The lowest BCUT2D eigenvalue weighted by Crippen LogP contribution is -2.38. The number of nitrogens with zero attached hydrogens (tertiary/aromatic N) is 1. The van der Waals surface area contributed by atoms with Crippen LogP contribution in [0.3, 0.4) is 0 Å². The van der Waals surface area contributed by atoms with E-state index in [0.29, 0.717) is 31.4 Å². The zero-order valence-electron chi connectivity index (χ0n) is 24.7. The summed E-state index contributed by atoms with van der Waals surface area (Å²) in [5.74, 6) is 0.413. The molecule has 3 aromatic carbocycles. The Morgan fingerprint density at radius 2 is 1.57 bits per heavy atom. The first-order chi connectivity index (χ1) is 20.5. The Bertz CT molecular complexity index is 1410. The molecule has 0 aromatic heterocycles. The third-order valence-electron chi connectivity index (χ3n) is 8.31. The van der Waals surface area contributed by atoms with E-state index in [1.807, 2.05) is 53.4 Å². The lowest BCUT2D eigenvalue weighted by atomic mass is 9.78. The molecule has 0 radical (unpaired) electrons. The number of rotatable bonds is 11.